The summed E-state index contributed by atoms with van der Waals surface area (Å²) in [5, 5.41) is 4.24. The molecule has 2 aromatic rings. The molecule has 0 radical (unpaired) electrons. The molecule has 0 aromatic carbocycles. The zero-order valence-corrected chi connectivity index (χ0v) is 13.3. The van der Waals surface area contributed by atoms with Crippen LogP contribution in [-0.4, -0.2) is 51.8 Å². The molecule has 2 saturated heterocycles. The van der Waals surface area contributed by atoms with E-state index in [1.807, 2.05) is 30.4 Å². The summed E-state index contributed by atoms with van der Waals surface area (Å²) in [6.45, 7) is 3.73. The van der Waals surface area contributed by atoms with Gasteiger partial charge in [-0.2, -0.15) is 5.10 Å². The van der Waals surface area contributed by atoms with Crippen LogP contribution in [0, 0.1) is 11.8 Å². The van der Waals surface area contributed by atoms with Gasteiger partial charge in [0.15, 0.2) is 0 Å². The molecule has 0 unspecified atom stereocenters. The highest BCUT2D eigenvalue weighted by molar-refractivity contribution is 5.92. The van der Waals surface area contributed by atoms with Gasteiger partial charge in [0.05, 0.1) is 11.9 Å². The number of likely N-dealkylation sites (tertiary alicyclic amines) is 1. The van der Waals surface area contributed by atoms with Crippen LogP contribution < -0.4 is 4.90 Å². The lowest BCUT2D eigenvalue weighted by molar-refractivity contribution is 0.0778. The molecule has 23 heavy (non-hydrogen) atoms. The number of anilines is 1. The Morgan fingerprint density at radius 1 is 1.22 bits per heavy atom. The largest absolute Gasteiger partial charge is 0.370 e. The van der Waals surface area contributed by atoms with E-state index in [4.69, 9.17) is 0 Å². The summed E-state index contributed by atoms with van der Waals surface area (Å²) < 4.78 is 1.68. The Balaban J connectivity index is 1.44. The van der Waals surface area contributed by atoms with Gasteiger partial charge in [0.2, 0.25) is 0 Å². The molecule has 0 N–H and O–H groups in total. The van der Waals surface area contributed by atoms with Crippen molar-refractivity contribution >= 4 is 11.6 Å². The zero-order chi connectivity index (χ0) is 15.8. The van der Waals surface area contributed by atoms with E-state index in [0.717, 1.165) is 32.6 Å². The van der Waals surface area contributed by atoms with Crippen molar-refractivity contribution in [2.45, 2.75) is 6.42 Å². The molecule has 0 aliphatic carbocycles. The minimum absolute atomic E-state index is 0.0629. The van der Waals surface area contributed by atoms with E-state index in [1.165, 1.54) is 5.69 Å². The molecule has 2 atom stereocenters. The van der Waals surface area contributed by atoms with Crippen molar-refractivity contribution in [3.8, 4) is 0 Å². The summed E-state index contributed by atoms with van der Waals surface area (Å²) in [5.41, 5.74) is 1.73. The van der Waals surface area contributed by atoms with Gasteiger partial charge in [0, 0.05) is 45.6 Å². The van der Waals surface area contributed by atoms with Gasteiger partial charge in [-0.1, -0.05) is 0 Å². The standard InChI is InChI=1S/C17H21N5O/c1-20-7-5-16(19-20)17(23)22-10-13-4-8-21(11-14(13)12-22)15-3-2-6-18-9-15/h2-3,5-7,9,13-14H,4,8,10-12H2,1H3/t13-,14+/m0/s1. The number of hydrogen-bond acceptors (Lipinski definition) is 4. The zero-order valence-electron chi connectivity index (χ0n) is 13.3. The lowest BCUT2D eigenvalue weighted by Crippen LogP contribution is -2.40. The van der Waals surface area contributed by atoms with Crippen molar-refractivity contribution in [1.29, 1.82) is 0 Å². The Morgan fingerprint density at radius 3 is 2.83 bits per heavy atom. The second-order valence-corrected chi connectivity index (χ2v) is 6.55. The maximum atomic E-state index is 12.6. The lowest BCUT2D eigenvalue weighted by Gasteiger charge is -2.35. The molecular formula is C17H21N5O. The van der Waals surface area contributed by atoms with E-state index in [0.29, 0.717) is 17.5 Å². The molecule has 1 amide bonds. The highest BCUT2D eigenvalue weighted by Gasteiger charge is 2.39. The number of nitrogens with zero attached hydrogens (tertiary/aromatic N) is 5. The van der Waals surface area contributed by atoms with E-state index in [-0.39, 0.29) is 5.91 Å². The van der Waals surface area contributed by atoms with Crippen molar-refractivity contribution in [3.05, 3.63) is 42.5 Å². The van der Waals surface area contributed by atoms with Crippen molar-refractivity contribution in [2.24, 2.45) is 18.9 Å². The molecule has 0 saturated carbocycles. The minimum Gasteiger partial charge on any atom is -0.370 e. The van der Waals surface area contributed by atoms with Crippen molar-refractivity contribution in [2.75, 3.05) is 31.1 Å². The SMILES string of the molecule is Cn1ccc(C(=O)N2C[C@@H]3CCN(c4cccnc4)C[C@@H]3C2)n1. The number of fused-ring (bicyclic) bond motifs is 1. The van der Waals surface area contributed by atoms with Gasteiger partial charge < -0.3 is 9.80 Å². The van der Waals surface area contributed by atoms with Gasteiger partial charge in [-0.05, 0) is 36.5 Å². The molecule has 120 valence electrons. The van der Waals surface area contributed by atoms with Crippen LogP contribution in [0.3, 0.4) is 0 Å². The highest BCUT2D eigenvalue weighted by Crippen LogP contribution is 2.33. The topological polar surface area (TPSA) is 54.3 Å². The number of aryl methyl sites for hydroxylation is 1. The first kappa shape index (κ1) is 14.2. The summed E-state index contributed by atoms with van der Waals surface area (Å²) in [5.74, 6) is 1.21. The lowest BCUT2D eigenvalue weighted by atomic mass is 9.88. The van der Waals surface area contributed by atoms with E-state index in [9.17, 15) is 4.79 Å². The van der Waals surface area contributed by atoms with E-state index in [2.05, 4.69) is 21.0 Å². The van der Waals surface area contributed by atoms with E-state index in [1.54, 1.807) is 16.9 Å². The molecule has 2 aliphatic rings. The van der Waals surface area contributed by atoms with Gasteiger partial charge in [-0.25, -0.2) is 0 Å². The number of pyridine rings is 1. The number of aromatic nitrogens is 3. The molecule has 4 heterocycles. The first-order valence-electron chi connectivity index (χ1n) is 8.14. The third-order valence-electron chi connectivity index (χ3n) is 5.03. The van der Waals surface area contributed by atoms with Gasteiger partial charge >= 0.3 is 0 Å². The van der Waals surface area contributed by atoms with Crippen LogP contribution in [0.1, 0.15) is 16.9 Å². The average Bonchev–Trinajstić information content (AvgIpc) is 3.20. The smallest absolute Gasteiger partial charge is 0.274 e. The summed E-state index contributed by atoms with van der Waals surface area (Å²) in [7, 11) is 1.84. The highest BCUT2D eigenvalue weighted by atomic mass is 16.2. The van der Waals surface area contributed by atoms with Crippen molar-refractivity contribution < 1.29 is 4.79 Å². The predicted molar refractivity (Wildman–Crippen MR) is 87.2 cm³/mol. The van der Waals surface area contributed by atoms with Gasteiger partial charge in [0.1, 0.15) is 5.69 Å². The maximum absolute atomic E-state index is 12.6. The second-order valence-electron chi connectivity index (χ2n) is 6.55. The first-order valence-corrected chi connectivity index (χ1v) is 8.14. The van der Waals surface area contributed by atoms with Crippen LogP contribution in [0.5, 0.6) is 0 Å². The van der Waals surface area contributed by atoms with Crippen LogP contribution in [0.2, 0.25) is 0 Å². The maximum Gasteiger partial charge on any atom is 0.274 e. The number of amides is 1. The second kappa shape index (κ2) is 5.68. The fraction of sp³-hybridized carbons (Fsp3) is 0.471. The monoisotopic (exact) mass is 311 g/mol. The van der Waals surface area contributed by atoms with Crippen molar-refractivity contribution in [3.63, 3.8) is 0 Å². The van der Waals surface area contributed by atoms with Gasteiger partial charge in [-0.3, -0.25) is 14.5 Å². The number of piperidine rings is 1. The summed E-state index contributed by atoms with van der Waals surface area (Å²) in [4.78, 5) is 21.2. The third kappa shape index (κ3) is 2.69. The minimum atomic E-state index is 0.0629. The van der Waals surface area contributed by atoms with Crippen LogP contribution in [0.25, 0.3) is 0 Å². The molecule has 6 heteroatoms. The van der Waals surface area contributed by atoms with E-state index >= 15 is 0 Å². The Morgan fingerprint density at radius 2 is 2.09 bits per heavy atom. The third-order valence-corrected chi connectivity index (χ3v) is 5.03. The fourth-order valence-corrected chi connectivity index (χ4v) is 3.80. The fourth-order valence-electron chi connectivity index (χ4n) is 3.80. The average molecular weight is 311 g/mol. The normalized spacial score (nSPS) is 23.9. The molecule has 6 nitrogen and oxygen atoms in total. The number of carbonyl (C=O) groups is 1. The van der Waals surface area contributed by atoms with Crippen LogP contribution in [-0.2, 0) is 7.05 Å². The summed E-state index contributed by atoms with van der Waals surface area (Å²) in [6, 6.07) is 5.89. The Hall–Kier alpha value is -2.37. The first-order chi connectivity index (χ1) is 11.2. The predicted octanol–water partition coefficient (Wildman–Crippen LogP) is 1.41. The molecule has 0 bridgehead atoms. The van der Waals surface area contributed by atoms with Crippen molar-refractivity contribution in [1.82, 2.24) is 19.7 Å². The van der Waals surface area contributed by atoms with Crippen LogP contribution >= 0.6 is 0 Å². The molecule has 4 rings (SSSR count). The van der Waals surface area contributed by atoms with Crippen LogP contribution in [0.4, 0.5) is 5.69 Å². The molecule has 2 aliphatic heterocycles. The number of carbonyl (C=O) groups excluding carboxylic acids is 1. The molecule has 2 fully saturated rings. The number of hydrogen-bond donors (Lipinski definition) is 0. The Labute approximate surface area is 135 Å². The molecular weight excluding hydrogens is 290 g/mol. The number of rotatable bonds is 2. The molecule has 0 spiro atoms. The van der Waals surface area contributed by atoms with E-state index < -0.39 is 0 Å². The Kier molecular flexibility index (Phi) is 3.52. The summed E-state index contributed by atoms with van der Waals surface area (Å²) in [6.07, 6.45) is 6.68. The van der Waals surface area contributed by atoms with Gasteiger partial charge in [0.25, 0.3) is 5.91 Å². The Bertz CT molecular complexity index is 698. The molecule has 2 aromatic heterocycles. The quantitative estimate of drug-likeness (QED) is 0.841. The van der Waals surface area contributed by atoms with Gasteiger partial charge in [-0.15, -0.1) is 0 Å². The summed E-state index contributed by atoms with van der Waals surface area (Å²) >= 11 is 0. The van der Waals surface area contributed by atoms with Crippen LogP contribution in [0.15, 0.2) is 36.8 Å².